The normalized spacial score (nSPS) is 14.0. The minimum atomic E-state index is -0.0560. The molecule has 1 saturated heterocycles. The van der Waals surface area contributed by atoms with Gasteiger partial charge in [0.2, 0.25) is 0 Å². The maximum atomic E-state index is 12.7. The minimum absolute atomic E-state index is 0.0560. The molecule has 0 spiro atoms. The Morgan fingerprint density at radius 2 is 1.62 bits per heavy atom. The van der Waals surface area contributed by atoms with Crippen molar-refractivity contribution < 1.29 is 4.79 Å². The van der Waals surface area contributed by atoms with E-state index in [4.69, 9.17) is 0 Å². The van der Waals surface area contributed by atoms with E-state index in [0.29, 0.717) is 5.56 Å². The summed E-state index contributed by atoms with van der Waals surface area (Å²) in [4.78, 5) is 23.6. The Hall–Kier alpha value is -3.34. The fourth-order valence-electron chi connectivity index (χ4n) is 3.68. The molecule has 1 aliphatic heterocycles. The Labute approximate surface area is 172 Å². The van der Waals surface area contributed by atoms with Crippen LogP contribution in [0.5, 0.6) is 0 Å². The zero-order chi connectivity index (χ0) is 20.2. The fraction of sp³-hybridized carbons (Fsp3) is 0.250. The predicted molar refractivity (Wildman–Crippen MR) is 119 cm³/mol. The lowest BCUT2D eigenvalue weighted by atomic mass is 10.2. The van der Waals surface area contributed by atoms with Crippen molar-refractivity contribution in [2.45, 2.75) is 6.92 Å². The van der Waals surface area contributed by atoms with Gasteiger partial charge >= 0.3 is 0 Å². The van der Waals surface area contributed by atoms with Crippen LogP contribution >= 0.6 is 0 Å². The molecule has 0 bridgehead atoms. The van der Waals surface area contributed by atoms with Crippen molar-refractivity contribution in [3.05, 3.63) is 84.1 Å². The van der Waals surface area contributed by atoms with Crippen LogP contribution in [0.15, 0.2) is 72.9 Å². The number of aromatic nitrogens is 1. The second-order valence-corrected chi connectivity index (χ2v) is 7.42. The van der Waals surface area contributed by atoms with Crippen LogP contribution in [0.4, 0.5) is 17.2 Å². The van der Waals surface area contributed by atoms with E-state index in [1.807, 2.05) is 42.5 Å². The van der Waals surface area contributed by atoms with Crippen molar-refractivity contribution >= 4 is 23.1 Å². The number of amides is 1. The summed E-state index contributed by atoms with van der Waals surface area (Å²) in [6.07, 6.45) is 1.68. The third-order valence-corrected chi connectivity index (χ3v) is 5.41. The van der Waals surface area contributed by atoms with Crippen LogP contribution in [-0.4, -0.2) is 44.1 Å². The van der Waals surface area contributed by atoms with Gasteiger partial charge in [0.15, 0.2) is 0 Å². The Balaban J connectivity index is 1.39. The Morgan fingerprint density at radius 3 is 2.28 bits per heavy atom. The largest absolute Gasteiger partial charge is 0.368 e. The van der Waals surface area contributed by atoms with E-state index in [9.17, 15) is 4.79 Å². The number of hydrogen-bond donors (Lipinski definition) is 0. The molecule has 2 aromatic carbocycles. The number of aryl methyl sites for hydroxylation is 1. The molecule has 1 aromatic heterocycles. The summed E-state index contributed by atoms with van der Waals surface area (Å²) < 4.78 is 0. The summed E-state index contributed by atoms with van der Waals surface area (Å²) in [5, 5.41) is 0. The van der Waals surface area contributed by atoms with Gasteiger partial charge in [-0.15, -0.1) is 0 Å². The van der Waals surface area contributed by atoms with Crippen LogP contribution in [0.3, 0.4) is 0 Å². The minimum Gasteiger partial charge on any atom is -0.368 e. The van der Waals surface area contributed by atoms with Gasteiger partial charge in [0.1, 0.15) is 5.82 Å². The second kappa shape index (κ2) is 8.35. The molecular formula is C24H26N4O. The van der Waals surface area contributed by atoms with E-state index in [1.165, 1.54) is 11.3 Å². The number of carbonyl (C=O) groups excluding carboxylic acids is 1. The Bertz CT molecular complexity index is 964. The predicted octanol–water partition coefficient (Wildman–Crippen LogP) is 3.99. The molecule has 0 N–H and O–H groups in total. The molecule has 1 amide bonds. The van der Waals surface area contributed by atoms with Gasteiger partial charge in [-0.05, 0) is 48.9 Å². The Morgan fingerprint density at radius 1 is 0.897 bits per heavy atom. The highest BCUT2D eigenvalue weighted by Gasteiger charge is 2.19. The van der Waals surface area contributed by atoms with Crippen LogP contribution in [-0.2, 0) is 0 Å². The quantitative estimate of drug-likeness (QED) is 0.680. The first-order valence-corrected chi connectivity index (χ1v) is 9.97. The topological polar surface area (TPSA) is 39.7 Å². The third-order valence-electron chi connectivity index (χ3n) is 5.41. The van der Waals surface area contributed by atoms with E-state index < -0.39 is 0 Å². The summed E-state index contributed by atoms with van der Waals surface area (Å²) in [6.45, 7) is 5.88. The molecule has 148 valence electrons. The Kier molecular flexibility index (Phi) is 5.47. The average molecular weight is 386 g/mol. The summed E-state index contributed by atoms with van der Waals surface area (Å²) in [7, 11) is 1.79. The highest BCUT2D eigenvalue weighted by molar-refractivity contribution is 6.05. The number of benzene rings is 2. The molecule has 0 radical (unpaired) electrons. The molecule has 2 heterocycles. The highest BCUT2D eigenvalue weighted by atomic mass is 16.2. The maximum absolute atomic E-state index is 12.7. The number of rotatable bonds is 4. The van der Waals surface area contributed by atoms with E-state index >= 15 is 0 Å². The fourth-order valence-corrected chi connectivity index (χ4v) is 3.68. The molecule has 29 heavy (non-hydrogen) atoms. The van der Waals surface area contributed by atoms with Crippen molar-refractivity contribution in [1.29, 1.82) is 0 Å². The molecule has 3 aromatic rings. The number of carbonyl (C=O) groups is 1. The molecule has 0 atom stereocenters. The first-order chi connectivity index (χ1) is 14.1. The van der Waals surface area contributed by atoms with Crippen LogP contribution < -0.4 is 14.7 Å². The summed E-state index contributed by atoms with van der Waals surface area (Å²) >= 11 is 0. The van der Waals surface area contributed by atoms with Crippen molar-refractivity contribution in [2.75, 3.05) is 47.9 Å². The lowest BCUT2D eigenvalue weighted by Crippen LogP contribution is -2.46. The van der Waals surface area contributed by atoms with Gasteiger partial charge in [-0.2, -0.15) is 0 Å². The number of anilines is 3. The average Bonchev–Trinajstić information content (AvgIpc) is 2.79. The van der Waals surface area contributed by atoms with E-state index in [0.717, 1.165) is 37.7 Å². The molecule has 1 aliphatic rings. The van der Waals surface area contributed by atoms with Gasteiger partial charge in [-0.3, -0.25) is 4.79 Å². The van der Waals surface area contributed by atoms with Gasteiger partial charge in [0, 0.05) is 50.8 Å². The lowest BCUT2D eigenvalue weighted by Gasteiger charge is -2.36. The standard InChI is InChI=1S/C24H26N4O/c1-19-7-6-10-22(17-19)27-13-15-28(16-14-27)23-12-11-20(18-25-23)24(29)26(2)21-8-4-3-5-9-21/h3-12,17-18H,13-16H2,1-2H3. The molecule has 0 aliphatic carbocycles. The number of nitrogens with zero attached hydrogens (tertiary/aromatic N) is 4. The SMILES string of the molecule is Cc1cccc(N2CCN(c3ccc(C(=O)N(C)c4ccccc4)cn3)CC2)c1. The second-order valence-electron chi connectivity index (χ2n) is 7.42. The van der Waals surface area contributed by atoms with Gasteiger partial charge in [-0.1, -0.05) is 30.3 Å². The van der Waals surface area contributed by atoms with Crippen molar-refractivity contribution in [1.82, 2.24) is 4.98 Å². The van der Waals surface area contributed by atoms with Crippen LogP contribution in [0.25, 0.3) is 0 Å². The molecule has 0 saturated carbocycles. The van der Waals surface area contributed by atoms with Crippen molar-refractivity contribution in [3.63, 3.8) is 0 Å². The van der Waals surface area contributed by atoms with Crippen LogP contribution in [0.1, 0.15) is 15.9 Å². The first-order valence-electron chi connectivity index (χ1n) is 9.97. The summed E-state index contributed by atoms with van der Waals surface area (Å²) in [5.41, 5.74) is 4.03. The zero-order valence-corrected chi connectivity index (χ0v) is 17.0. The van der Waals surface area contributed by atoms with Gasteiger partial charge in [0.05, 0.1) is 5.56 Å². The van der Waals surface area contributed by atoms with Crippen molar-refractivity contribution in [2.24, 2.45) is 0 Å². The third kappa shape index (κ3) is 4.24. The molecule has 4 rings (SSSR count). The van der Waals surface area contributed by atoms with Crippen molar-refractivity contribution in [3.8, 4) is 0 Å². The number of para-hydroxylation sites is 1. The summed E-state index contributed by atoms with van der Waals surface area (Å²) in [6, 6.07) is 22.1. The number of hydrogen-bond acceptors (Lipinski definition) is 4. The van der Waals surface area contributed by atoms with E-state index in [2.05, 4.69) is 46.0 Å². The number of piperazine rings is 1. The first kappa shape index (κ1) is 19.0. The van der Waals surface area contributed by atoms with Gasteiger partial charge in [-0.25, -0.2) is 4.98 Å². The van der Waals surface area contributed by atoms with E-state index in [-0.39, 0.29) is 5.91 Å². The van der Waals surface area contributed by atoms with E-state index in [1.54, 1.807) is 18.1 Å². The molecule has 0 unspecified atom stereocenters. The molecular weight excluding hydrogens is 360 g/mol. The van der Waals surface area contributed by atoms with Crippen LogP contribution in [0, 0.1) is 6.92 Å². The summed E-state index contributed by atoms with van der Waals surface area (Å²) in [5.74, 6) is 0.868. The maximum Gasteiger partial charge on any atom is 0.259 e. The van der Waals surface area contributed by atoms with Gasteiger partial charge < -0.3 is 14.7 Å². The van der Waals surface area contributed by atoms with Gasteiger partial charge in [0.25, 0.3) is 5.91 Å². The molecule has 1 fully saturated rings. The van der Waals surface area contributed by atoms with Crippen LogP contribution in [0.2, 0.25) is 0 Å². The molecule has 5 heteroatoms. The monoisotopic (exact) mass is 386 g/mol. The molecule has 5 nitrogen and oxygen atoms in total. The lowest BCUT2D eigenvalue weighted by molar-refractivity contribution is 0.0992. The zero-order valence-electron chi connectivity index (χ0n) is 17.0. The number of pyridine rings is 1. The smallest absolute Gasteiger partial charge is 0.259 e. The highest BCUT2D eigenvalue weighted by Crippen LogP contribution is 2.21.